The third kappa shape index (κ3) is 4.88. The van der Waals surface area contributed by atoms with Crippen molar-refractivity contribution in [2.75, 3.05) is 4.90 Å². The van der Waals surface area contributed by atoms with Gasteiger partial charge in [0.25, 0.3) is 0 Å². The number of nitrogens with zero attached hydrogens (tertiary/aromatic N) is 1. The van der Waals surface area contributed by atoms with Crippen LogP contribution in [0.5, 0.6) is 11.5 Å². The fourth-order valence-electron chi connectivity index (χ4n) is 7.47. The Bertz CT molecular complexity index is 3150. The fourth-order valence-corrected chi connectivity index (χ4v) is 7.47. The van der Waals surface area contributed by atoms with Gasteiger partial charge in [0, 0.05) is 5.69 Å². The minimum absolute atomic E-state index is 0.0522. The third-order valence-electron chi connectivity index (χ3n) is 9.64. The molecule has 0 radical (unpaired) electrons. The van der Waals surface area contributed by atoms with E-state index in [-0.39, 0.29) is 34.0 Å². The monoisotopic (exact) mass is 672 g/mol. The first kappa shape index (κ1) is 22.0. The van der Waals surface area contributed by atoms with Crippen molar-refractivity contribution in [1.29, 1.82) is 0 Å². The van der Waals surface area contributed by atoms with E-state index in [1.54, 1.807) is 12.1 Å². The molecule has 0 atom stereocenters. The van der Waals surface area contributed by atoms with Crippen LogP contribution in [-0.2, 0) is 0 Å². The molecule has 10 rings (SSSR count). The van der Waals surface area contributed by atoms with Gasteiger partial charge in [0.2, 0.25) is 0 Å². The Hall–Kier alpha value is -6.90. The number of rotatable bonds is 5. The van der Waals surface area contributed by atoms with E-state index in [4.69, 9.17) is 14.3 Å². The maximum absolute atomic E-state index is 9.68. The van der Waals surface area contributed by atoms with Crippen molar-refractivity contribution in [1.82, 2.24) is 0 Å². The zero-order valence-electron chi connectivity index (χ0n) is 36.7. The molecule has 0 unspecified atom stereocenters. The van der Waals surface area contributed by atoms with Gasteiger partial charge in [-0.1, -0.05) is 164 Å². The third-order valence-corrected chi connectivity index (χ3v) is 9.64. The fraction of sp³-hybridized carbons (Fsp3) is 0. The average molecular weight is 673 g/mol. The summed E-state index contributed by atoms with van der Waals surface area (Å²) >= 11 is 0. The first-order chi connectivity index (χ1) is 29.6. The first-order valence-electron chi connectivity index (χ1n) is 21.5. The van der Waals surface area contributed by atoms with Crippen LogP contribution in [-0.4, -0.2) is 0 Å². The van der Waals surface area contributed by atoms with Crippen molar-refractivity contribution in [2.24, 2.45) is 0 Å². The van der Waals surface area contributed by atoms with Crippen LogP contribution >= 0.6 is 0 Å². The van der Waals surface area contributed by atoms with Gasteiger partial charge in [0.15, 0.2) is 11.5 Å². The van der Waals surface area contributed by atoms with Crippen molar-refractivity contribution < 1.29 is 17.1 Å². The molecule has 0 aromatic heterocycles. The lowest BCUT2D eigenvalue weighted by molar-refractivity contribution is 0.477. The zero-order valence-corrected chi connectivity index (χ0v) is 27.7. The summed E-state index contributed by atoms with van der Waals surface area (Å²) in [7, 11) is 0. The molecule has 52 heavy (non-hydrogen) atoms. The summed E-state index contributed by atoms with van der Waals surface area (Å²) < 4.78 is 87.4. The lowest BCUT2D eigenvalue weighted by Crippen LogP contribution is -2.16. The molecule has 0 amide bonds. The van der Waals surface area contributed by atoms with Crippen LogP contribution in [0.2, 0.25) is 0 Å². The normalized spacial score (nSPS) is 14.4. The molecule has 2 heteroatoms. The van der Waals surface area contributed by atoms with Gasteiger partial charge in [0.1, 0.15) is 0 Å². The van der Waals surface area contributed by atoms with Crippen molar-refractivity contribution in [2.45, 2.75) is 0 Å². The molecule has 9 aromatic rings. The van der Waals surface area contributed by atoms with E-state index >= 15 is 0 Å². The molecule has 1 aliphatic heterocycles. The molecule has 2 nitrogen and oxygen atoms in total. The second-order valence-electron chi connectivity index (χ2n) is 12.6. The van der Waals surface area contributed by atoms with Gasteiger partial charge in [0.05, 0.1) is 23.7 Å². The van der Waals surface area contributed by atoms with Gasteiger partial charge in [-0.2, -0.15) is 0 Å². The summed E-state index contributed by atoms with van der Waals surface area (Å²) in [5.74, 6) is 1.37. The topological polar surface area (TPSA) is 12.5 Å². The van der Waals surface area contributed by atoms with Gasteiger partial charge in [-0.05, 0) is 102 Å². The lowest BCUT2D eigenvalue weighted by atomic mass is 9.80. The molecule has 0 N–H and O–H groups in total. The number of fused-ring (bicyclic) bond motifs is 4. The van der Waals surface area contributed by atoms with E-state index in [1.807, 2.05) is 121 Å². The molecule has 0 fully saturated rings. The zero-order chi connectivity index (χ0) is 42.3. The van der Waals surface area contributed by atoms with E-state index in [0.717, 1.165) is 39.3 Å². The Morgan fingerprint density at radius 1 is 0.385 bits per heavy atom. The minimum atomic E-state index is -0.559. The first-order valence-corrected chi connectivity index (χ1v) is 17.0. The van der Waals surface area contributed by atoms with Crippen LogP contribution in [0.1, 0.15) is 12.3 Å². The standard InChI is InChI=1S/C50H33NO/c1-4-18-34(19-5-1)42-32-37(51-44-28-14-16-30-46(44)52-47-31-17-15-29-45(47)51)33-43(35-20-6-2-7-21-35)50(42)49-40-26-12-10-24-38(40)48(36-22-8-3-9-23-36)39-25-11-13-27-41(39)49/h1-33H/i3D,8D,9D,10D,12D,22D,23D,24D,26D. The highest BCUT2D eigenvalue weighted by molar-refractivity contribution is 6.24. The average Bonchev–Trinajstić information content (AvgIpc) is 3.30. The second kappa shape index (κ2) is 12.5. The van der Waals surface area contributed by atoms with Gasteiger partial charge < -0.3 is 9.64 Å². The maximum Gasteiger partial charge on any atom is 0.151 e. The Morgan fingerprint density at radius 2 is 0.846 bits per heavy atom. The number of benzene rings is 9. The Labute approximate surface area is 316 Å². The Morgan fingerprint density at radius 3 is 1.42 bits per heavy atom. The Balaban J connectivity index is 1.44. The van der Waals surface area contributed by atoms with Crippen molar-refractivity contribution in [3.05, 3.63) is 200 Å². The maximum atomic E-state index is 9.68. The van der Waals surface area contributed by atoms with E-state index in [2.05, 4.69) is 17.0 Å². The summed E-state index contributed by atoms with van der Waals surface area (Å²) in [6.07, 6.45) is 0. The molecule has 0 spiro atoms. The summed E-state index contributed by atoms with van der Waals surface area (Å²) in [5.41, 5.74) is 6.92. The minimum Gasteiger partial charge on any atom is -0.453 e. The van der Waals surface area contributed by atoms with Gasteiger partial charge in [-0.15, -0.1) is 0 Å². The van der Waals surface area contributed by atoms with Crippen LogP contribution < -0.4 is 9.64 Å². The molecular formula is C50H33NO. The highest BCUT2D eigenvalue weighted by Crippen LogP contribution is 2.54. The molecule has 0 bridgehead atoms. The molecule has 0 saturated heterocycles. The SMILES string of the molecule is [2H]c1c([2H])c([2H])c(-c2c3ccccc3c(-c3c(-c4ccccc4)cc(N4c5ccccc5Oc5ccccc54)cc3-c3ccccc3)c3c([2H])c([2H])c([2H])c([2H])c23)c([2H])c1[2H]. The molecule has 244 valence electrons. The summed E-state index contributed by atoms with van der Waals surface area (Å²) in [5, 5.41) is 1.25. The number of ether oxygens (including phenoxy) is 1. The molecule has 9 aromatic carbocycles. The van der Waals surface area contributed by atoms with Crippen LogP contribution in [0.4, 0.5) is 17.1 Å². The van der Waals surface area contributed by atoms with E-state index in [1.165, 1.54) is 0 Å². The van der Waals surface area contributed by atoms with Gasteiger partial charge in [-0.3, -0.25) is 0 Å². The highest BCUT2D eigenvalue weighted by atomic mass is 16.5. The predicted molar refractivity (Wildman–Crippen MR) is 218 cm³/mol. The lowest BCUT2D eigenvalue weighted by Gasteiger charge is -2.34. The number of anilines is 3. The molecular weight excluding hydrogens is 631 g/mol. The number of hydrogen-bond donors (Lipinski definition) is 0. The molecule has 0 saturated carbocycles. The van der Waals surface area contributed by atoms with Gasteiger partial charge >= 0.3 is 0 Å². The van der Waals surface area contributed by atoms with E-state index in [0.29, 0.717) is 33.4 Å². The molecule has 1 aliphatic rings. The van der Waals surface area contributed by atoms with Crippen LogP contribution in [0.3, 0.4) is 0 Å². The molecule has 1 heterocycles. The van der Waals surface area contributed by atoms with Crippen LogP contribution in [0.25, 0.3) is 66.1 Å². The summed E-state index contributed by atoms with van der Waals surface area (Å²) in [4.78, 5) is 2.17. The van der Waals surface area contributed by atoms with Crippen molar-refractivity contribution in [3.8, 4) is 56.0 Å². The van der Waals surface area contributed by atoms with E-state index < -0.39 is 42.3 Å². The summed E-state index contributed by atoms with van der Waals surface area (Å²) in [6, 6.07) is 42.7. The molecule has 0 aliphatic carbocycles. The van der Waals surface area contributed by atoms with Gasteiger partial charge in [-0.25, -0.2) is 0 Å². The van der Waals surface area contributed by atoms with Crippen LogP contribution in [0, 0.1) is 0 Å². The second-order valence-corrected chi connectivity index (χ2v) is 12.6. The Kier molecular flexibility index (Phi) is 5.28. The predicted octanol–water partition coefficient (Wildman–Crippen LogP) is 14.2. The largest absolute Gasteiger partial charge is 0.453 e. The smallest absolute Gasteiger partial charge is 0.151 e. The van der Waals surface area contributed by atoms with Crippen molar-refractivity contribution in [3.63, 3.8) is 0 Å². The van der Waals surface area contributed by atoms with Crippen LogP contribution in [0.15, 0.2) is 200 Å². The number of para-hydroxylation sites is 4. The number of hydrogen-bond acceptors (Lipinski definition) is 2. The highest BCUT2D eigenvalue weighted by Gasteiger charge is 2.29. The summed E-state index contributed by atoms with van der Waals surface area (Å²) in [6.45, 7) is 0. The van der Waals surface area contributed by atoms with E-state index in [9.17, 15) is 2.74 Å². The van der Waals surface area contributed by atoms with Crippen molar-refractivity contribution >= 4 is 38.6 Å². The quantitative estimate of drug-likeness (QED) is 0.169.